The number of amides is 1. The van der Waals surface area contributed by atoms with Crippen molar-refractivity contribution in [3.05, 3.63) is 58.4 Å². The molecule has 8 heteroatoms. The van der Waals surface area contributed by atoms with Crippen LogP contribution in [0.25, 0.3) is 5.65 Å². The van der Waals surface area contributed by atoms with Gasteiger partial charge in [-0.15, -0.1) is 0 Å². The summed E-state index contributed by atoms with van der Waals surface area (Å²) in [5.41, 5.74) is 1.90. The third-order valence-corrected chi connectivity index (χ3v) is 6.20. The van der Waals surface area contributed by atoms with Crippen LogP contribution < -0.4 is 15.6 Å². The predicted molar refractivity (Wildman–Crippen MR) is 116 cm³/mol. The highest BCUT2D eigenvalue weighted by atomic mass is 16.5. The topological polar surface area (TPSA) is 86.9 Å². The lowest BCUT2D eigenvalue weighted by Gasteiger charge is -2.41. The van der Waals surface area contributed by atoms with Gasteiger partial charge in [-0.2, -0.15) is 0 Å². The molecular weight excluding hydrogens is 396 g/mol. The summed E-state index contributed by atoms with van der Waals surface area (Å²) in [7, 11) is 1.64. The number of aromatic nitrogens is 3. The number of hydrogen-bond donors (Lipinski definition) is 1. The average molecular weight is 422 g/mol. The largest absolute Gasteiger partial charge is 0.490 e. The monoisotopic (exact) mass is 422 g/mol. The minimum atomic E-state index is -0.408. The molecule has 1 amide bonds. The molecule has 1 N–H and O–H groups in total. The van der Waals surface area contributed by atoms with E-state index in [1.807, 2.05) is 24.4 Å². The van der Waals surface area contributed by atoms with Crippen LogP contribution >= 0.6 is 0 Å². The summed E-state index contributed by atoms with van der Waals surface area (Å²) in [6.45, 7) is 6.62. The van der Waals surface area contributed by atoms with Crippen LogP contribution in [0, 0.1) is 0 Å². The molecular formula is C23H26N4O4. The number of aryl methyl sites for hydroxylation is 1. The van der Waals surface area contributed by atoms with E-state index in [4.69, 9.17) is 14.5 Å². The van der Waals surface area contributed by atoms with Crippen LogP contribution in [0.5, 0.6) is 5.75 Å². The van der Waals surface area contributed by atoms with Gasteiger partial charge in [-0.1, -0.05) is 0 Å². The molecule has 162 valence electrons. The number of carbonyl (C=O) groups excluding carboxylic acids is 1. The van der Waals surface area contributed by atoms with Gasteiger partial charge in [0.25, 0.3) is 11.5 Å². The number of hydrogen-bond acceptors (Lipinski definition) is 5. The van der Waals surface area contributed by atoms with Crippen molar-refractivity contribution in [3.8, 4) is 5.75 Å². The number of rotatable bonds is 5. The molecule has 1 aliphatic carbocycles. The Morgan fingerprint density at radius 3 is 2.77 bits per heavy atom. The van der Waals surface area contributed by atoms with Gasteiger partial charge in [0, 0.05) is 37.1 Å². The van der Waals surface area contributed by atoms with Crippen molar-refractivity contribution < 1.29 is 14.3 Å². The Morgan fingerprint density at radius 2 is 2.10 bits per heavy atom. The van der Waals surface area contributed by atoms with Gasteiger partial charge in [-0.25, -0.2) is 4.98 Å². The van der Waals surface area contributed by atoms with Crippen LogP contribution in [0.3, 0.4) is 0 Å². The minimum absolute atomic E-state index is 0.0331. The Balaban J connectivity index is 1.53. The number of anilines is 1. The number of carbonyl (C=O) groups is 1. The minimum Gasteiger partial charge on any atom is -0.490 e. The smallest absolute Gasteiger partial charge is 0.274 e. The molecule has 3 fully saturated rings. The highest BCUT2D eigenvalue weighted by Gasteiger charge is 2.61. The molecule has 8 nitrogen and oxygen atoms in total. The van der Waals surface area contributed by atoms with E-state index >= 15 is 0 Å². The molecule has 3 aromatic rings. The second-order valence-electron chi connectivity index (χ2n) is 9.27. The van der Waals surface area contributed by atoms with Gasteiger partial charge in [0.15, 0.2) is 0 Å². The Morgan fingerprint density at radius 1 is 1.32 bits per heavy atom. The lowest BCUT2D eigenvalue weighted by atomic mass is 9.62. The second kappa shape index (κ2) is 6.68. The zero-order chi connectivity index (χ0) is 22.0. The molecule has 3 aliphatic rings. The molecule has 31 heavy (non-hydrogen) atoms. The third-order valence-electron chi connectivity index (χ3n) is 6.20. The summed E-state index contributed by atoms with van der Waals surface area (Å²) < 4.78 is 15.1. The Kier molecular flexibility index (Phi) is 4.27. The van der Waals surface area contributed by atoms with Crippen LogP contribution in [0.1, 0.15) is 49.7 Å². The zero-order valence-corrected chi connectivity index (χ0v) is 18.1. The summed E-state index contributed by atoms with van der Waals surface area (Å²) >= 11 is 0. The highest BCUT2D eigenvalue weighted by Crippen LogP contribution is 2.58. The normalized spacial score (nSPS) is 24.4. The van der Waals surface area contributed by atoms with E-state index in [1.54, 1.807) is 37.6 Å². The van der Waals surface area contributed by atoms with Crippen molar-refractivity contribution in [3.63, 3.8) is 0 Å². The Bertz CT molecular complexity index is 1250. The molecule has 3 aromatic heterocycles. The van der Waals surface area contributed by atoms with Gasteiger partial charge in [0.1, 0.15) is 17.1 Å². The molecule has 1 saturated carbocycles. The first kappa shape index (κ1) is 19.8. The van der Waals surface area contributed by atoms with E-state index in [1.165, 1.54) is 4.57 Å². The van der Waals surface area contributed by atoms with Crippen LogP contribution in [0.2, 0.25) is 0 Å². The maximum Gasteiger partial charge on any atom is 0.274 e. The third kappa shape index (κ3) is 3.22. The van der Waals surface area contributed by atoms with Crippen molar-refractivity contribution in [1.82, 2.24) is 14.0 Å². The molecule has 2 bridgehead atoms. The first-order chi connectivity index (χ1) is 14.7. The molecule has 0 radical (unpaired) electrons. The van der Waals surface area contributed by atoms with Gasteiger partial charge < -0.3 is 23.8 Å². The number of nitrogens with one attached hydrogen (secondary N) is 1. The van der Waals surface area contributed by atoms with E-state index < -0.39 is 5.91 Å². The lowest BCUT2D eigenvalue weighted by Crippen LogP contribution is -2.45. The van der Waals surface area contributed by atoms with Crippen molar-refractivity contribution >= 4 is 17.2 Å². The maximum absolute atomic E-state index is 13.1. The molecule has 0 aromatic carbocycles. The summed E-state index contributed by atoms with van der Waals surface area (Å²) in [5, 5.41) is 2.72. The van der Waals surface area contributed by atoms with Gasteiger partial charge >= 0.3 is 0 Å². The maximum atomic E-state index is 13.1. The fourth-order valence-electron chi connectivity index (χ4n) is 4.83. The van der Waals surface area contributed by atoms with E-state index in [9.17, 15) is 9.59 Å². The standard InChI is InChI=1S/C23H26N4O4/c1-14(2)31-17-8-19-25-18(23-11-22(3,12-23)30-13-23)10-27(19)9-15(17)20(28)24-16-6-5-7-26(4)21(16)29/h5-10,14H,11-13H2,1-4H3,(H,24,28). The predicted octanol–water partition coefficient (Wildman–Crippen LogP) is 2.89. The van der Waals surface area contributed by atoms with E-state index in [0.717, 1.165) is 18.5 Å². The fraction of sp³-hybridized carbons (Fsp3) is 0.435. The SMILES string of the molecule is CC(C)Oc1cc2nc(C34COC(C)(C3)C4)cn2cc1C(=O)Nc1cccn(C)c1=O. The molecule has 2 saturated heterocycles. The second-order valence-corrected chi connectivity index (χ2v) is 9.27. The molecule has 0 atom stereocenters. The average Bonchev–Trinajstić information content (AvgIpc) is 3.34. The van der Waals surface area contributed by atoms with Crippen LogP contribution in [0.4, 0.5) is 5.69 Å². The first-order valence-electron chi connectivity index (χ1n) is 10.5. The van der Waals surface area contributed by atoms with Crippen molar-refractivity contribution in [2.24, 2.45) is 7.05 Å². The Hall–Kier alpha value is -3.13. The molecule has 5 heterocycles. The lowest BCUT2D eigenvalue weighted by molar-refractivity contribution is 0.0154. The quantitative estimate of drug-likeness (QED) is 0.683. The van der Waals surface area contributed by atoms with Crippen molar-refractivity contribution in [2.75, 3.05) is 11.9 Å². The number of pyridine rings is 2. The summed E-state index contributed by atoms with van der Waals surface area (Å²) in [6, 6.07) is 5.08. The molecule has 6 rings (SSSR count). The van der Waals surface area contributed by atoms with Crippen LogP contribution in [-0.4, -0.2) is 38.2 Å². The van der Waals surface area contributed by atoms with E-state index in [2.05, 4.69) is 12.2 Å². The number of nitrogens with zero attached hydrogens (tertiary/aromatic N) is 3. The first-order valence-corrected chi connectivity index (χ1v) is 10.5. The number of ether oxygens (including phenoxy) is 2. The molecule has 0 unspecified atom stereocenters. The summed E-state index contributed by atoms with van der Waals surface area (Å²) in [5.74, 6) is 0.0261. The Labute approximate surface area is 179 Å². The molecule has 2 aliphatic heterocycles. The van der Waals surface area contributed by atoms with Crippen molar-refractivity contribution in [1.29, 1.82) is 0 Å². The van der Waals surface area contributed by atoms with Crippen LogP contribution in [-0.2, 0) is 17.2 Å². The van der Waals surface area contributed by atoms with E-state index in [-0.39, 0.29) is 28.4 Å². The van der Waals surface area contributed by atoms with Gasteiger partial charge in [-0.3, -0.25) is 9.59 Å². The zero-order valence-electron chi connectivity index (χ0n) is 18.1. The van der Waals surface area contributed by atoms with Gasteiger partial charge in [0.2, 0.25) is 0 Å². The summed E-state index contributed by atoms with van der Waals surface area (Å²) in [4.78, 5) is 30.3. The van der Waals surface area contributed by atoms with Gasteiger partial charge in [0.05, 0.1) is 29.6 Å². The summed E-state index contributed by atoms with van der Waals surface area (Å²) in [6.07, 6.45) is 7.13. The van der Waals surface area contributed by atoms with Crippen molar-refractivity contribution in [2.45, 2.75) is 50.7 Å². The highest BCUT2D eigenvalue weighted by molar-refractivity contribution is 6.06. The van der Waals surface area contributed by atoms with Gasteiger partial charge in [-0.05, 0) is 45.7 Å². The fourth-order valence-corrected chi connectivity index (χ4v) is 4.83. The van der Waals surface area contributed by atoms with E-state index in [0.29, 0.717) is 23.6 Å². The number of imidazole rings is 1. The van der Waals surface area contributed by atoms with Crippen LogP contribution in [0.15, 0.2) is 41.6 Å². The number of fused-ring (bicyclic) bond motifs is 2. The molecule has 0 spiro atoms.